The van der Waals surface area contributed by atoms with Crippen molar-refractivity contribution < 1.29 is 25.2 Å². The van der Waals surface area contributed by atoms with Crippen molar-refractivity contribution in [3.8, 4) is 0 Å². The molecular formula is C9H18O5. The molecule has 1 aliphatic rings. The first-order valence-electron chi connectivity index (χ1n) is 4.79. The average molecular weight is 206 g/mol. The zero-order chi connectivity index (χ0) is 10.9. The maximum atomic E-state index is 9.57. The molecule has 0 aromatic carbocycles. The van der Waals surface area contributed by atoms with E-state index in [-0.39, 0.29) is 12.5 Å². The Morgan fingerprint density at radius 1 is 1.07 bits per heavy atom. The van der Waals surface area contributed by atoms with Gasteiger partial charge in [0.15, 0.2) is 0 Å². The van der Waals surface area contributed by atoms with E-state index in [1.165, 1.54) is 0 Å². The van der Waals surface area contributed by atoms with Gasteiger partial charge in [-0.25, -0.2) is 0 Å². The van der Waals surface area contributed by atoms with Crippen LogP contribution in [-0.2, 0) is 4.74 Å². The highest BCUT2D eigenvalue weighted by Crippen LogP contribution is 2.25. The first-order valence-corrected chi connectivity index (χ1v) is 4.79. The van der Waals surface area contributed by atoms with Gasteiger partial charge in [-0.3, -0.25) is 0 Å². The Kier molecular flexibility index (Phi) is 3.86. The average Bonchev–Trinajstić information content (AvgIpc) is 2.14. The summed E-state index contributed by atoms with van der Waals surface area (Å²) in [5.74, 6) is 0.0150. The summed E-state index contributed by atoms with van der Waals surface area (Å²) in [6.45, 7) is 3.31. The Bertz CT molecular complexity index is 182. The summed E-state index contributed by atoms with van der Waals surface area (Å²) in [7, 11) is 0. The van der Waals surface area contributed by atoms with Gasteiger partial charge in [0.05, 0.1) is 12.7 Å². The molecule has 0 spiro atoms. The van der Waals surface area contributed by atoms with Crippen molar-refractivity contribution in [1.82, 2.24) is 0 Å². The lowest BCUT2D eigenvalue weighted by atomic mass is 9.90. The first kappa shape index (κ1) is 11.9. The van der Waals surface area contributed by atoms with Crippen LogP contribution < -0.4 is 0 Å². The number of aliphatic hydroxyl groups excluding tert-OH is 4. The van der Waals surface area contributed by atoms with Crippen molar-refractivity contribution >= 4 is 0 Å². The van der Waals surface area contributed by atoms with Gasteiger partial charge in [-0.2, -0.15) is 0 Å². The molecule has 0 bridgehead atoms. The summed E-state index contributed by atoms with van der Waals surface area (Å²) < 4.78 is 5.28. The predicted octanol–water partition coefficient (Wildman–Crippen LogP) is -1.52. The fourth-order valence-corrected chi connectivity index (χ4v) is 1.68. The molecule has 1 fully saturated rings. The smallest absolute Gasteiger partial charge is 0.111 e. The predicted molar refractivity (Wildman–Crippen MR) is 48.6 cm³/mol. The van der Waals surface area contributed by atoms with E-state index in [1.54, 1.807) is 0 Å². The number of hydrogen-bond donors (Lipinski definition) is 4. The molecule has 84 valence electrons. The lowest BCUT2D eigenvalue weighted by molar-refractivity contribution is -0.238. The Labute approximate surface area is 82.9 Å². The Morgan fingerprint density at radius 3 is 2.07 bits per heavy atom. The van der Waals surface area contributed by atoms with Gasteiger partial charge >= 0.3 is 0 Å². The van der Waals surface area contributed by atoms with Crippen LogP contribution >= 0.6 is 0 Å². The maximum Gasteiger partial charge on any atom is 0.111 e. The van der Waals surface area contributed by atoms with Gasteiger partial charge in [-0.1, -0.05) is 13.8 Å². The molecule has 1 unspecified atom stereocenters. The fraction of sp³-hybridized carbons (Fsp3) is 1.00. The van der Waals surface area contributed by atoms with Gasteiger partial charge in [0.25, 0.3) is 0 Å². The monoisotopic (exact) mass is 206 g/mol. The highest BCUT2D eigenvalue weighted by molar-refractivity contribution is 4.92. The van der Waals surface area contributed by atoms with E-state index in [0.717, 1.165) is 0 Å². The minimum absolute atomic E-state index is 0.0150. The van der Waals surface area contributed by atoms with E-state index in [2.05, 4.69) is 0 Å². The third-order valence-electron chi connectivity index (χ3n) is 2.59. The zero-order valence-electron chi connectivity index (χ0n) is 8.37. The quantitative estimate of drug-likeness (QED) is 0.441. The normalized spacial score (nSPS) is 44.4. The Balaban J connectivity index is 2.73. The van der Waals surface area contributed by atoms with Gasteiger partial charge in [0, 0.05) is 0 Å². The van der Waals surface area contributed by atoms with Crippen molar-refractivity contribution in [3.05, 3.63) is 0 Å². The summed E-state index contributed by atoms with van der Waals surface area (Å²) in [6.07, 6.45) is -4.96. The molecule has 0 aromatic heterocycles. The largest absolute Gasteiger partial charge is 0.394 e. The maximum absolute atomic E-state index is 9.57. The van der Waals surface area contributed by atoms with Crippen LogP contribution in [0.2, 0.25) is 0 Å². The molecule has 0 radical (unpaired) electrons. The van der Waals surface area contributed by atoms with Crippen molar-refractivity contribution in [2.24, 2.45) is 5.92 Å². The van der Waals surface area contributed by atoms with E-state index in [0.29, 0.717) is 0 Å². The summed E-state index contributed by atoms with van der Waals surface area (Å²) in [5, 5.41) is 37.4. The standard InChI is InChI=1S/C9H18O5/c1-4(2)9-8(13)7(12)6(11)5(3-10)14-9/h4-13H,3H2,1-2H3/t5-,6-,7+,8-,9?/m1/s1. The molecule has 14 heavy (non-hydrogen) atoms. The Hall–Kier alpha value is -0.200. The molecule has 5 heteroatoms. The van der Waals surface area contributed by atoms with Crippen LogP contribution in [0.15, 0.2) is 0 Å². The summed E-state index contributed by atoms with van der Waals surface area (Å²) >= 11 is 0. The minimum atomic E-state index is -1.26. The SMILES string of the molecule is CC(C)C1O[C@H](CO)[C@@H](O)[C@H](O)[C@H]1O. The van der Waals surface area contributed by atoms with E-state index in [9.17, 15) is 15.3 Å². The van der Waals surface area contributed by atoms with E-state index >= 15 is 0 Å². The highest BCUT2D eigenvalue weighted by Gasteiger charge is 2.44. The van der Waals surface area contributed by atoms with Crippen LogP contribution in [-0.4, -0.2) is 57.6 Å². The van der Waals surface area contributed by atoms with Crippen molar-refractivity contribution in [2.45, 2.75) is 44.4 Å². The molecule has 0 saturated carbocycles. The lowest BCUT2D eigenvalue weighted by Crippen LogP contribution is -2.59. The third-order valence-corrected chi connectivity index (χ3v) is 2.59. The van der Waals surface area contributed by atoms with Gasteiger partial charge in [0.2, 0.25) is 0 Å². The molecule has 0 aliphatic carbocycles. The van der Waals surface area contributed by atoms with E-state index in [4.69, 9.17) is 9.84 Å². The molecule has 0 amide bonds. The van der Waals surface area contributed by atoms with Gasteiger partial charge in [-0.05, 0) is 5.92 Å². The van der Waals surface area contributed by atoms with Gasteiger partial charge in [-0.15, -0.1) is 0 Å². The van der Waals surface area contributed by atoms with Crippen LogP contribution in [0.4, 0.5) is 0 Å². The number of rotatable bonds is 2. The van der Waals surface area contributed by atoms with E-state index < -0.39 is 30.5 Å². The topological polar surface area (TPSA) is 90.2 Å². The van der Waals surface area contributed by atoms with Gasteiger partial charge < -0.3 is 25.2 Å². The first-order chi connectivity index (χ1) is 6.49. The lowest BCUT2D eigenvalue weighted by Gasteiger charge is -2.41. The molecule has 4 N–H and O–H groups in total. The van der Waals surface area contributed by atoms with Crippen molar-refractivity contribution in [2.75, 3.05) is 6.61 Å². The molecule has 1 rings (SSSR count). The zero-order valence-corrected chi connectivity index (χ0v) is 8.37. The molecule has 5 nitrogen and oxygen atoms in total. The minimum Gasteiger partial charge on any atom is -0.394 e. The fourth-order valence-electron chi connectivity index (χ4n) is 1.68. The van der Waals surface area contributed by atoms with E-state index in [1.807, 2.05) is 13.8 Å². The number of hydrogen-bond acceptors (Lipinski definition) is 5. The van der Waals surface area contributed by atoms with Gasteiger partial charge in [0.1, 0.15) is 24.4 Å². The number of ether oxygens (including phenoxy) is 1. The molecule has 5 atom stereocenters. The van der Waals surface area contributed by atoms with Crippen molar-refractivity contribution in [1.29, 1.82) is 0 Å². The van der Waals surface area contributed by atoms with Crippen LogP contribution in [0.3, 0.4) is 0 Å². The molecular weight excluding hydrogens is 188 g/mol. The summed E-state index contributed by atoms with van der Waals surface area (Å²) in [6, 6.07) is 0. The molecule has 1 aliphatic heterocycles. The second kappa shape index (κ2) is 4.55. The second-order valence-corrected chi connectivity index (χ2v) is 4.04. The van der Waals surface area contributed by atoms with Crippen LogP contribution in [0.1, 0.15) is 13.8 Å². The molecule has 0 aromatic rings. The third kappa shape index (κ3) is 2.07. The second-order valence-electron chi connectivity index (χ2n) is 4.04. The number of aliphatic hydroxyl groups is 4. The Morgan fingerprint density at radius 2 is 1.64 bits per heavy atom. The summed E-state index contributed by atoms with van der Waals surface area (Å²) in [4.78, 5) is 0. The van der Waals surface area contributed by atoms with Crippen LogP contribution in [0, 0.1) is 5.92 Å². The highest BCUT2D eigenvalue weighted by atomic mass is 16.5. The van der Waals surface area contributed by atoms with Crippen molar-refractivity contribution in [3.63, 3.8) is 0 Å². The molecule has 1 heterocycles. The van der Waals surface area contributed by atoms with Crippen LogP contribution in [0.5, 0.6) is 0 Å². The van der Waals surface area contributed by atoms with Crippen LogP contribution in [0.25, 0.3) is 0 Å². The molecule has 1 saturated heterocycles. The summed E-state index contributed by atoms with van der Waals surface area (Å²) in [5.41, 5.74) is 0.